The second-order valence-electron chi connectivity index (χ2n) is 7.59. The van der Waals surface area contributed by atoms with Gasteiger partial charge in [0.2, 0.25) is 5.91 Å². The molecule has 9 heteroatoms. The molecule has 0 aliphatic carbocycles. The van der Waals surface area contributed by atoms with Crippen molar-refractivity contribution in [2.24, 2.45) is 5.92 Å². The van der Waals surface area contributed by atoms with Gasteiger partial charge in [-0.25, -0.2) is 4.79 Å². The molecule has 3 rings (SSSR count). The van der Waals surface area contributed by atoms with Crippen molar-refractivity contribution < 1.29 is 32.6 Å². The summed E-state index contributed by atoms with van der Waals surface area (Å²) in [5, 5.41) is 10.5. The van der Waals surface area contributed by atoms with Crippen molar-refractivity contribution in [3.8, 4) is 0 Å². The molecule has 0 aromatic heterocycles. The summed E-state index contributed by atoms with van der Waals surface area (Å²) in [7, 11) is 0. The molecule has 0 radical (unpaired) electrons. The van der Waals surface area contributed by atoms with Crippen LogP contribution in [0, 0.1) is 5.92 Å². The summed E-state index contributed by atoms with van der Waals surface area (Å²) >= 11 is 0. The Bertz CT molecular complexity index is 523. The highest BCUT2D eigenvalue weighted by molar-refractivity contribution is 5.79. The Hall–Kier alpha value is -1.35. The first-order chi connectivity index (χ1) is 12.7. The van der Waals surface area contributed by atoms with Crippen LogP contribution in [0.1, 0.15) is 51.9 Å². The van der Waals surface area contributed by atoms with Crippen molar-refractivity contribution >= 4 is 11.9 Å². The molecule has 0 aromatic rings. The Kier molecular flexibility index (Phi) is 7.50. The van der Waals surface area contributed by atoms with Gasteiger partial charge < -0.3 is 15.2 Å². The third-order valence-corrected chi connectivity index (χ3v) is 5.80. The van der Waals surface area contributed by atoms with Crippen LogP contribution in [0.2, 0.25) is 0 Å². The molecule has 6 nitrogen and oxygen atoms in total. The van der Waals surface area contributed by atoms with Crippen molar-refractivity contribution in [2.75, 3.05) is 26.3 Å². The molecule has 156 valence electrons. The van der Waals surface area contributed by atoms with E-state index in [-0.39, 0.29) is 11.4 Å². The maximum Gasteiger partial charge on any atom is 0.490 e. The molecule has 3 saturated heterocycles. The van der Waals surface area contributed by atoms with Crippen LogP contribution in [0.5, 0.6) is 0 Å². The second-order valence-corrected chi connectivity index (χ2v) is 7.59. The summed E-state index contributed by atoms with van der Waals surface area (Å²) in [5.74, 6) is -1.71. The lowest BCUT2D eigenvalue weighted by molar-refractivity contribution is -0.192. The molecule has 2 atom stereocenters. The SMILES string of the molecule is CC[C@@H]1N(CC2CCOCC2)CCC[C@]12CCC(=O)N2.O=C(O)C(F)(F)F. The van der Waals surface area contributed by atoms with Gasteiger partial charge in [0.15, 0.2) is 0 Å². The van der Waals surface area contributed by atoms with Gasteiger partial charge in [0, 0.05) is 32.2 Å². The molecule has 3 aliphatic heterocycles. The minimum Gasteiger partial charge on any atom is -0.475 e. The van der Waals surface area contributed by atoms with E-state index in [4.69, 9.17) is 14.6 Å². The van der Waals surface area contributed by atoms with Gasteiger partial charge in [0.25, 0.3) is 0 Å². The van der Waals surface area contributed by atoms with E-state index in [2.05, 4.69) is 17.1 Å². The number of carboxylic acids is 1. The van der Waals surface area contributed by atoms with Gasteiger partial charge in [-0.05, 0) is 51.0 Å². The van der Waals surface area contributed by atoms with Crippen LogP contribution >= 0.6 is 0 Å². The van der Waals surface area contributed by atoms with Gasteiger partial charge in [-0.15, -0.1) is 0 Å². The third kappa shape index (κ3) is 5.81. The minimum atomic E-state index is -5.08. The molecule has 0 bridgehead atoms. The fourth-order valence-corrected chi connectivity index (χ4v) is 4.57. The molecule has 3 heterocycles. The third-order valence-electron chi connectivity index (χ3n) is 5.80. The number of carboxylic acid groups (broad SMARTS) is 1. The number of rotatable bonds is 3. The molecule has 1 spiro atoms. The van der Waals surface area contributed by atoms with Crippen molar-refractivity contribution in [3.63, 3.8) is 0 Å². The summed E-state index contributed by atoms with van der Waals surface area (Å²) < 4.78 is 37.2. The van der Waals surface area contributed by atoms with E-state index >= 15 is 0 Å². The first-order valence-corrected chi connectivity index (χ1v) is 9.61. The van der Waals surface area contributed by atoms with E-state index < -0.39 is 12.1 Å². The topological polar surface area (TPSA) is 78.9 Å². The Balaban J connectivity index is 0.000000321. The van der Waals surface area contributed by atoms with Crippen LogP contribution in [-0.2, 0) is 14.3 Å². The molecule has 0 saturated carbocycles. The van der Waals surface area contributed by atoms with E-state index in [1.54, 1.807) is 0 Å². The van der Waals surface area contributed by atoms with Crippen LogP contribution in [0.15, 0.2) is 0 Å². The van der Waals surface area contributed by atoms with Gasteiger partial charge in [-0.2, -0.15) is 13.2 Å². The highest BCUT2D eigenvalue weighted by atomic mass is 19.4. The second kappa shape index (κ2) is 9.23. The number of aliphatic carboxylic acids is 1. The average molecular weight is 394 g/mol. The summed E-state index contributed by atoms with van der Waals surface area (Å²) in [6.07, 6.45) is 2.61. The molecular weight excluding hydrogens is 365 g/mol. The van der Waals surface area contributed by atoms with E-state index in [0.29, 0.717) is 6.04 Å². The fourth-order valence-electron chi connectivity index (χ4n) is 4.57. The van der Waals surface area contributed by atoms with Crippen LogP contribution < -0.4 is 5.32 Å². The first-order valence-electron chi connectivity index (χ1n) is 9.61. The first kappa shape index (κ1) is 21.9. The lowest BCUT2D eigenvalue weighted by Gasteiger charge is -2.49. The lowest BCUT2D eigenvalue weighted by atomic mass is 9.78. The number of amides is 1. The molecule has 3 aliphatic rings. The number of nitrogens with one attached hydrogen (secondary N) is 1. The average Bonchev–Trinajstić information content (AvgIpc) is 2.97. The maximum atomic E-state index is 11.7. The van der Waals surface area contributed by atoms with E-state index in [0.717, 1.165) is 38.4 Å². The van der Waals surface area contributed by atoms with Gasteiger partial charge in [-0.1, -0.05) is 6.92 Å². The van der Waals surface area contributed by atoms with Crippen LogP contribution in [0.4, 0.5) is 13.2 Å². The normalized spacial score (nSPS) is 29.9. The monoisotopic (exact) mass is 394 g/mol. The van der Waals surface area contributed by atoms with Gasteiger partial charge in [0.1, 0.15) is 0 Å². The predicted molar refractivity (Wildman–Crippen MR) is 92.2 cm³/mol. The van der Waals surface area contributed by atoms with Crippen LogP contribution in [0.25, 0.3) is 0 Å². The number of ether oxygens (including phenoxy) is 1. The minimum absolute atomic E-state index is 0.0786. The number of nitrogens with zero attached hydrogens (tertiary/aromatic N) is 1. The Morgan fingerprint density at radius 2 is 1.96 bits per heavy atom. The quantitative estimate of drug-likeness (QED) is 0.769. The zero-order valence-electron chi connectivity index (χ0n) is 15.7. The molecule has 27 heavy (non-hydrogen) atoms. The number of carbonyl (C=O) groups excluding carboxylic acids is 1. The molecule has 0 aromatic carbocycles. The number of carbonyl (C=O) groups is 2. The molecule has 1 amide bonds. The summed E-state index contributed by atoms with van der Waals surface area (Å²) in [6.45, 7) is 6.53. The van der Waals surface area contributed by atoms with Crippen LogP contribution in [-0.4, -0.2) is 65.9 Å². The Morgan fingerprint density at radius 3 is 2.44 bits per heavy atom. The maximum absolute atomic E-state index is 11.7. The van der Waals surface area contributed by atoms with Crippen molar-refractivity contribution in [2.45, 2.75) is 69.6 Å². The number of halogens is 3. The van der Waals surface area contributed by atoms with E-state index in [9.17, 15) is 18.0 Å². The smallest absolute Gasteiger partial charge is 0.475 e. The molecule has 2 N–H and O–H groups in total. The van der Waals surface area contributed by atoms with Crippen molar-refractivity contribution in [1.29, 1.82) is 0 Å². The number of hydrogen-bond donors (Lipinski definition) is 2. The van der Waals surface area contributed by atoms with E-state index in [1.807, 2.05) is 0 Å². The number of hydrogen-bond acceptors (Lipinski definition) is 4. The van der Waals surface area contributed by atoms with Gasteiger partial charge in [0.05, 0.1) is 5.54 Å². The number of piperidine rings is 1. The zero-order valence-corrected chi connectivity index (χ0v) is 15.7. The van der Waals surface area contributed by atoms with Crippen molar-refractivity contribution in [1.82, 2.24) is 10.2 Å². The summed E-state index contributed by atoms with van der Waals surface area (Å²) in [6, 6.07) is 0.533. The fraction of sp³-hybridized carbons (Fsp3) is 0.889. The summed E-state index contributed by atoms with van der Waals surface area (Å²) in [4.78, 5) is 23.3. The zero-order chi connectivity index (χ0) is 20.1. The number of alkyl halides is 3. The van der Waals surface area contributed by atoms with Crippen LogP contribution in [0.3, 0.4) is 0 Å². The van der Waals surface area contributed by atoms with E-state index in [1.165, 1.54) is 38.8 Å². The molecule has 0 unspecified atom stereocenters. The Morgan fingerprint density at radius 1 is 1.33 bits per heavy atom. The highest BCUT2D eigenvalue weighted by Gasteiger charge is 2.48. The predicted octanol–water partition coefficient (Wildman–Crippen LogP) is 2.57. The molecule has 3 fully saturated rings. The van der Waals surface area contributed by atoms with Crippen molar-refractivity contribution in [3.05, 3.63) is 0 Å². The molecular formula is C18H29F3N2O4. The largest absolute Gasteiger partial charge is 0.490 e. The lowest BCUT2D eigenvalue weighted by Crippen LogP contribution is -2.62. The Labute approximate surface area is 157 Å². The summed E-state index contributed by atoms with van der Waals surface area (Å²) in [5.41, 5.74) is 0.0786. The van der Waals surface area contributed by atoms with Gasteiger partial charge >= 0.3 is 12.1 Å². The van der Waals surface area contributed by atoms with Gasteiger partial charge in [-0.3, -0.25) is 9.69 Å². The standard InChI is InChI=1S/C16H28N2O2.C2HF3O2/c1-2-14-16(8-4-15(19)17-16)7-3-9-18(14)12-13-5-10-20-11-6-13;3-2(4,5)1(6)7/h13-14H,2-12H2,1H3,(H,17,19);(H,6,7)/t14-,16-;/m0./s1. The highest BCUT2D eigenvalue weighted by Crippen LogP contribution is 2.37. The number of likely N-dealkylation sites (tertiary alicyclic amines) is 1.